The van der Waals surface area contributed by atoms with Crippen molar-refractivity contribution in [2.75, 3.05) is 0 Å². The van der Waals surface area contributed by atoms with Gasteiger partial charge in [0, 0.05) is 36.7 Å². The third kappa shape index (κ3) is 4.64. The van der Waals surface area contributed by atoms with Crippen LogP contribution in [0.3, 0.4) is 0 Å². The Morgan fingerprint density at radius 1 is 0.421 bits per heavy atom. The highest BCUT2D eigenvalue weighted by molar-refractivity contribution is 7.25. The molecule has 1 spiro atoms. The molecule has 2 nitrogen and oxygen atoms in total. The molecule has 0 radical (unpaired) electrons. The van der Waals surface area contributed by atoms with E-state index in [2.05, 4.69) is 152 Å². The summed E-state index contributed by atoms with van der Waals surface area (Å²) in [5.74, 6) is 3.21. The zero-order valence-corrected chi connectivity index (χ0v) is 32.5. The quantitative estimate of drug-likeness (QED) is 0.179. The predicted octanol–water partition coefficient (Wildman–Crippen LogP) is 14.4. The Morgan fingerprint density at radius 3 is 1.86 bits per heavy atom. The van der Waals surface area contributed by atoms with E-state index in [-0.39, 0.29) is 5.41 Å². The molecule has 9 aromatic rings. The number of para-hydroxylation sites is 2. The molecular weight excluding hydrogens is 709 g/mol. The maximum atomic E-state index is 5.30. The fourth-order valence-corrected chi connectivity index (χ4v) is 13.5. The van der Waals surface area contributed by atoms with E-state index >= 15 is 0 Å². The van der Waals surface area contributed by atoms with Crippen LogP contribution in [-0.4, -0.2) is 9.97 Å². The highest BCUT2D eigenvalue weighted by Gasteiger charge is 2.61. The number of rotatable bonds is 4. The molecule has 57 heavy (non-hydrogen) atoms. The van der Waals surface area contributed by atoms with Crippen molar-refractivity contribution in [3.05, 3.63) is 169 Å². The molecule has 14 rings (SSSR count). The second-order valence-corrected chi connectivity index (χ2v) is 18.4. The topological polar surface area (TPSA) is 25.8 Å². The maximum Gasteiger partial charge on any atom is 0.0973 e. The molecule has 0 unspecified atom stereocenters. The summed E-state index contributed by atoms with van der Waals surface area (Å²) >= 11 is 1.89. The first-order valence-corrected chi connectivity index (χ1v) is 21.6. The lowest BCUT2D eigenvalue weighted by molar-refractivity contribution is -0.0399. The first-order valence-electron chi connectivity index (χ1n) is 20.8. The molecular formula is C54H40N2S. The van der Waals surface area contributed by atoms with Gasteiger partial charge in [-0.2, -0.15) is 0 Å². The number of thiophene rings is 1. The summed E-state index contributed by atoms with van der Waals surface area (Å²) in [4.78, 5) is 10.5. The zero-order valence-electron chi connectivity index (χ0n) is 31.7. The number of nitrogens with zero attached hydrogens (tertiary/aromatic N) is 2. The van der Waals surface area contributed by atoms with Crippen LogP contribution in [0.5, 0.6) is 0 Å². The van der Waals surface area contributed by atoms with Gasteiger partial charge in [0.25, 0.3) is 0 Å². The van der Waals surface area contributed by atoms with Gasteiger partial charge in [-0.05, 0) is 143 Å². The maximum absolute atomic E-state index is 5.30. The summed E-state index contributed by atoms with van der Waals surface area (Å²) < 4.78 is 2.71. The summed E-state index contributed by atoms with van der Waals surface area (Å²) in [5, 5.41) is 2.71. The Hall–Kier alpha value is -5.90. The van der Waals surface area contributed by atoms with Gasteiger partial charge in [-0.1, -0.05) is 115 Å². The molecule has 4 fully saturated rings. The van der Waals surface area contributed by atoms with Crippen LogP contribution in [-0.2, 0) is 5.41 Å². The van der Waals surface area contributed by atoms with Gasteiger partial charge < -0.3 is 0 Å². The fourth-order valence-electron chi connectivity index (χ4n) is 12.4. The minimum absolute atomic E-state index is 0.0854. The SMILES string of the molecule is c1ccc(-c2nc3ccccc3nc2-c2cccc(-c3cccc4c3-c3cc(-c5ccc6sc7ccccc7c6c5)ccc3C43C4CC5CC(C4)CC3C5)c2)cc1. The largest absolute Gasteiger partial charge is 0.244 e. The van der Waals surface area contributed by atoms with Crippen LogP contribution in [0.4, 0.5) is 0 Å². The molecule has 4 bridgehead atoms. The Labute approximate surface area is 336 Å². The lowest BCUT2D eigenvalue weighted by Crippen LogP contribution is -2.55. The Kier molecular flexibility index (Phi) is 6.81. The van der Waals surface area contributed by atoms with Crippen LogP contribution in [0.1, 0.15) is 43.2 Å². The van der Waals surface area contributed by atoms with Crippen LogP contribution < -0.4 is 0 Å². The highest BCUT2D eigenvalue weighted by atomic mass is 32.1. The lowest BCUT2D eigenvalue weighted by atomic mass is 9.43. The Bertz CT molecular complexity index is 3070. The van der Waals surface area contributed by atoms with E-state index in [0.717, 1.165) is 45.4 Å². The van der Waals surface area contributed by atoms with Crippen molar-refractivity contribution in [2.45, 2.75) is 37.5 Å². The van der Waals surface area contributed by atoms with Gasteiger partial charge in [-0.25, -0.2) is 9.97 Å². The van der Waals surface area contributed by atoms with Crippen LogP contribution >= 0.6 is 11.3 Å². The van der Waals surface area contributed by atoms with Crippen molar-refractivity contribution < 1.29 is 0 Å². The van der Waals surface area contributed by atoms with Gasteiger partial charge in [0.2, 0.25) is 0 Å². The third-order valence-corrected chi connectivity index (χ3v) is 15.6. The predicted molar refractivity (Wildman–Crippen MR) is 237 cm³/mol. The molecule has 2 aromatic heterocycles. The number of hydrogen-bond donors (Lipinski definition) is 0. The van der Waals surface area contributed by atoms with E-state index in [1.54, 1.807) is 11.1 Å². The molecule has 7 aromatic carbocycles. The Morgan fingerprint density at radius 2 is 1.05 bits per heavy atom. The standard InChI is InChI=1S/C54H40N2S/c1-2-10-34(11-3-1)52-53(56-48-18-6-5-17-47(48)55-52)38-13-8-12-37(29-38)41-15-9-16-46-51(41)44-31-35(36-21-23-50-43(30-36)42-14-4-7-19-49(42)57-50)20-22-45(44)54(46)39-25-32-24-33(27-39)28-40(54)26-32/h1-23,29-33,39-40H,24-28H2. The van der Waals surface area contributed by atoms with Gasteiger partial charge >= 0.3 is 0 Å². The van der Waals surface area contributed by atoms with Gasteiger partial charge in [-0.3, -0.25) is 0 Å². The van der Waals surface area contributed by atoms with Crippen LogP contribution in [0, 0.1) is 23.7 Å². The average Bonchev–Trinajstić information content (AvgIpc) is 3.78. The van der Waals surface area contributed by atoms with Crippen molar-refractivity contribution >= 4 is 42.5 Å². The van der Waals surface area contributed by atoms with Gasteiger partial charge in [0.15, 0.2) is 0 Å². The molecule has 2 heterocycles. The molecule has 0 saturated heterocycles. The first kappa shape index (κ1) is 32.2. The van der Waals surface area contributed by atoms with E-state index in [9.17, 15) is 0 Å². The van der Waals surface area contributed by atoms with E-state index in [1.807, 2.05) is 17.4 Å². The van der Waals surface area contributed by atoms with Crippen LogP contribution in [0.2, 0.25) is 0 Å². The number of hydrogen-bond acceptors (Lipinski definition) is 3. The third-order valence-electron chi connectivity index (χ3n) is 14.4. The van der Waals surface area contributed by atoms with Crippen molar-refractivity contribution in [1.29, 1.82) is 0 Å². The normalized spacial score (nSPS) is 22.8. The van der Waals surface area contributed by atoms with Crippen LogP contribution in [0.25, 0.3) is 87.1 Å². The summed E-state index contributed by atoms with van der Waals surface area (Å²) in [6.07, 6.45) is 6.95. The van der Waals surface area contributed by atoms with Crippen LogP contribution in [0.15, 0.2) is 158 Å². The minimum Gasteiger partial charge on any atom is -0.244 e. The summed E-state index contributed by atoms with van der Waals surface area (Å²) in [5.41, 5.74) is 17.2. The molecule has 3 heteroatoms. The zero-order chi connectivity index (χ0) is 37.2. The van der Waals surface area contributed by atoms with Crippen molar-refractivity contribution in [3.63, 3.8) is 0 Å². The minimum atomic E-state index is 0.0854. The summed E-state index contributed by atoms with van der Waals surface area (Å²) in [6, 6.07) is 58.8. The number of aromatic nitrogens is 2. The molecule has 5 aliphatic rings. The molecule has 0 atom stereocenters. The molecule has 0 N–H and O–H groups in total. The smallest absolute Gasteiger partial charge is 0.0973 e. The Balaban J connectivity index is 1.02. The monoisotopic (exact) mass is 748 g/mol. The van der Waals surface area contributed by atoms with E-state index in [1.165, 1.54) is 85.7 Å². The highest BCUT2D eigenvalue weighted by Crippen LogP contribution is 2.70. The lowest BCUT2D eigenvalue weighted by Gasteiger charge is -2.61. The average molecular weight is 749 g/mol. The van der Waals surface area contributed by atoms with E-state index in [0.29, 0.717) is 11.8 Å². The summed E-state index contributed by atoms with van der Waals surface area (Å²) in [7, 11) is 0. The van der Waals surface area contributed by atoms with E-state index < -0.39 is 0 Å². The van der Waals surface area contributed by atoms with Gasteiger partial charge in [0.1, 0.15) is 0 Å². The van der Waals surface area contributed by atoms with Crippen molar-refractivity contribution in [1.82, 2.24) is 9.97 Å². The van der Waals surface area contributed by atoms with Crippen molar-refractivity contribution in [3.8, 4) is 55.9 Å². The molecule has 0 aliphatic heterocycles. The molecule has 272 valence electrons. The van der Waals surface area contributed by atoms with Crippen molar-refractivity contribution in [2.24, 2.45) is 23.7 Å². The molecule has 4 saturated carbocycles. The number of benzene rings is 7. The molecule has 5 aliphatic carbocycles. The second-order valence-electron chi connectivity index (χ2n) is 17.3. The second kappa shape index (κ2) is 12.1. The summed E-state index contributed by atoms with van der Waals surface area (Å²) in [6.45, 7) is 0. The number of fused-ring (bicyclic) bond motifs is 7. The first-order chi connectivity index (χ1) is 28.2. The van der Waals surface area contributed by atoms with E-state index in [4.69, 9.17) is 9.97 Å². The fraction of sp³-hybridized carbons (Fsp3) is 0.185. The van der Waals surface area contributed by atoms with Gasteiger partial charge in [0.05, 0.1) is 22.4 Å². The van der Waals surface area contributed by atoms with Gasteiger partial charge in [-0.15, -0.1) is 11.3 Å². The molecule has 0 amide bonds.